The van der Waals surface area contributed by atoms with Gasteiger partial charge in [-0.2, -0.15) is 0 Å². The predicted molar refractivity (Wildman–Crippen MR) is 257 cm³/mol. The van der Waals surface area contributed by atoms with Crippen LogP contribution in [-0.2, 0) is 22.7 Å². The molecular weight excluding hydrogens is 1050 g/mol. The van der Waals surface area contributed by atoms with Crippen LogP contribution in [-0.4, -0.2) is 37.7 Å². The number of fused-ring (bicyclic) bond motifs is 4. The third kappa shape index (κ3) is 13.6. The summed E-state index contributed by atoms with van der Waals surface area (Å²) in [5, 5.41) is 11.2. The molecule has 0 aromatic heterocycles. The normalized spacial score (nSPS) is 26.8. The zero-order chi connectivity index (χ0) is 42.4. The Labute approximate surface area is 410 Å². The molecule has 5 aromatic carbocycles. The van der Waals surface area contributed by atoms with E-state index in [-0.39, 0.29) is 51.1 Å². The average Bonchev–Trinajstić information content (AvgIpc) is 4.07. The van der Waals surface area contributed by atoms with Gasteiger partial charge >= 0.3 is 1.43 Å². The quantitative estimate of drug-likeness (QED) is 0.152. The van der Waals surface area contributed by atoms with Gasteiger partial charge in [-0.25, -0.2) is 0 Å². The summed E-state index contributed by atoms with van der Waals surface area (Å²) in [6.45, 7) is 16.9. The second-order valence-electron chi connectivity index (χ2n) is 17.6. The maximum Gasteiger partial charge on any atom is 1.00 e. The van der Waals surface area contributed by atoms with E-state index in [0.717, 1.165) is 70.2 Å². The fraction of sp³-hybridized carbons (Fsp3) is 0.444. The average molecular weight is 1120 g/mol. The van der Waals surface area contributed by atoms with Gasteiger partial charge in [0.05, 0.1) is 6.61 Å². The Bertz CT molecular complexity index is 1780. The maximum absolute atomic E-state index is 10.6. The first kappa shape index (κ1) is 53.5. The summed E-state index contributed by atoms with van der Waals surface area (Å²) in [6.07, 6.45) is 7.81. The third-order valence-electron chi connectivity index (χ3n) is 14.5. The predicted octanol–water partition coefficient (Wildman–Crippen LogP) is 12.5. The van der Waals surface area contributed by atoms with Crippen molar-refractivity contribution in [3.63, 3.8) is 0 Å². The van der Waals surface area contributed by atoms with Crippen molar-refractivity contribution >= 4 is 29.0 Å². The van der Waals surface area contributed by atoms with E-state index in [0.29, 0.717) is 12.5 Å². The van der Waals surface area contributed by atoms with Gasteiger partial charge in [0.25, 0.3) is 0 Å². The van der Waals surface area contributed by atoms with Crippen LogP contribution in [0.2, 0.25) is 6.55 Å². The minimum Gasteiger partial charge on any atom is -0.424 e. The van der Waals surface area contributed by atoms with Crippen molar-refractivity contribution in [2.24, 2.45) is 59.2 Å². The Balaban J connectivity index is 0.000000306. The summed E-state index contributed by atoms with van der Waals surface area (Å²) in [7, 11) is -3.89. The molecule has 0 aliphatic heterocycles. The standard InChI is InChI=1S/C23H30OS.C13H14OSi.C10H18O.C6H6.C2H6.U.V/c1-17-18(2)23-15-19(17)14-20(23)16-24-25(3,21-10-6-4-7-11-21)22-12-8-5-9-13-22;1-15(14,12-8-4-2-5-9-12)13-10-6-3-7-11-13;1-6-7(2)10-4-8(6)3-9(10)5-11;1-2-4-6-5-3-1;1-2;;/h4-13,17-20,23H,14-16H2,1-3H3;2-11,14H,1H3;6-11H,3-5H2,1-2H3;1-6H;1-2H3;;/p+1. The number of hydrogen-bond donors (Lipinski definition) is 2. The number of benzene rings is 5. The molecule has 2 N–H and O–H groups in total. The molecule has 9 rings (SSSR count). The molecule has 7 heteroatoms. The summed E-state index contributed by atoms with van der Waals surface area (Å²) in [4.78, 5) is 13.2. The van der Waals surface area contributed by atoms with Crippen molar-refractivity contribution in [2.45, 2.75) is 83.6 Å². The van der Waals surface area contributed by atoms with E-state index in [2.05, 4.69) is 94.6 Å². The summed E-state index contributed by atoms with van der Waals surface area (Å²) in [5.41, 5.74) is 0. The molecule has 327 valence electrons. The van der Waals surface area contributed by atoms with Gasteiger partial charge in [0, 0.05) is 66.1 Å². The van der Waals surface area contributed by atoms with Crippen LogP contribution >= 0.6 is 10.3 Å². The summed E-state index contributed by atoms with van der Waals surface area (Å²) in [5.74, 6) is 8.53. The molecule has 4 aliphatic rings. The minimum atomic E-state index is -2.46. The molecule has 10 atom stereocenters. The number of aliphatic hydroxyl groups is 1. The van der Waals surface area contributed by atoms with Crippen LogP contribution < -0.4 is 10.4 Å². The van der Waals surface area contributed by atoms with E-state index in [1.54, 1.807) is 0 Å². The first-order valence-electron chi connectivity index (χ1n) is 22.5. The summed E-state index contributed by atoms with van der Waals surface area (Å²) >= 11 is 0. The van der Waals surface area contributed by atoms with Gasteiger partial charge in [-0.3, -0.25) is 0 Å². The third-order valence-corrected chi connectivity index (χ3v) is 20.4. The second kappa shape index (κ2) is 26.2. The molecule has 4 saturated carbocycles. The van der Waals surface area contributed by atoms with Crippen LogP contribution in [0.4, 0.5) is 0 Å². The molecule has 3 nitrogen and oxygen atoms in total. The molecule has 10 unspecified atom stereocenters. The topological polar surface area (TPSA) is 49.7 Å². The molecule has 0 spiro atoms. The van der Waals surface area contributed by atoms with Gasteiger partial charge in [-0.05, 0) is 132 Å². The Hall–Kier alpha value is -1.82. The molecule has 1 radical (unpaired) electrons. The van der Waals surface area contributed by atoms with E-state index < -0.39 is 18.6 Å². The number of hydrogen-bond acceptors (Lipinski definition) is 3. The molecular formula is C54H75O3SSiUV+. The van der Waals surface area contributed by atoms with Crippen LogP contribution in [0.1, 0.15) is 68.7 Å². The van der Waals surface area contributed by atoms with Crippen LogP contribution in [0, 0.1) is 90.3 Å². The maximum atomic E-state index is 10.6. The molecule has 4 aliphatic carbocycles. The van der Waals surface area contributed by atoms with Crippen molar-refractivity contribution < 1.29 is 65.2 Å². The van der Waals surface area contributed by atoms with Crippen LogP contribution in [0.25, 0.3) is 0 Å². The summed E-state index contributed by atoms with van der Waals surface area (Å²) < 4.78 is 6.81. The zero-order valence-corrected chi connectivity index (χ0v) is 45.6. The van der Waals surface area contributed by atoms with Gasteiger partial charge in [0.2, 0.25) is 8.32 Å². The smallest absolute Gasteiger partial charge is 0.424 e. The molecule has 4 bridgehead atoms. The van der Waals surface area contributed by atoms with Gasteiger partial charge in [0.1, 0.15) is 0 Å². The Morgan fingerprint density at radius 2 is 0.852 bits per heavy atom. The SMILES string of the molecule is CC.CC1C2CC(CO)C(C2)C1C.CC1C2CC(COS(C)(c3ccccc3)c3ccccc3)C(C2)C1C.C[Si](O)(c1ccccc1)c1ccccc1.[H+].[U].[V].c1ccccc1. The van der Waals surface area contributed by atoms with Crippen molar-refractivity contribution in [1.29, 1.82) is 0 Å². The molecule has 0 heterocycles. The van der Waals surface area contributed by atoms with Crippen LogP contribution in [0.15, 0.2) is 168 Å². The van der Waals surface area contributed by atoms with E-state index >= 15 is 0 Å². The van der Waals surface area contributed by atoms with E-state index in [9.17, 15) is 4.80 Å². The largest absolute Gasteiger partial charge is 1.00 e. The van der Waals surface area contributed by atoms with Crippen molar-refractivity contribution in [3.8, 4) is 0 Å². The summed E-state index contributed by atoms with van der Waals surface area (Å²) in [6, 6.07) is 53.5. The molecule has 0 amide bonds. The zero-order valence-electron chi connectivity index (χ0n) is 39.2. The van der Waals surface area contributed by atoms with Gasteiger partial charge < -0.3 is 14.1 Å². The molecule has 4 fully saturated rings. The van der Waals surface area contributed by atoms with Crippen molar-refractivity contribution in [1.82, 2.24) is 0 Å². The Morgan fingerprint density at radius 3 is 1.18 bits per heavy atom. The van der Waals surface area contributed by atoms with Crippen LogP contribution in [0.5, 0.6) is 0 Å². The monoisotopic (exact) mass is 1120 g/mol. The number of rotatable bonds is 8. The molecule has 61 heavy (non-hydrogen) atoms. The Morgan fingerprint density at radius 1 is 0.541 bits per heavy atom. The van der Waals surface area contributed by atoms with Crippen molar-refractivity contribution in [3.05, 3.63) is 158 Å². The minimum absolute atomic E-state index is 0. The first-order chi connectivity index (χ1) is 28.5. The Kier molecular flexibility index (Phi) is 23.0. The van der Waals surface area contributed by atoms with E-state index in [4.69, 9.17) is 9.29 Å². The van der Waals surface area contributed by atoms with Crippen molar-refractivity contribution in [2.75, 3.05) is 19.5 Å². The fourth-order valence-electron chi connectivity index (χ4n) is 10.5. The van der Waals surface area contributed by atoms with Gasteiger partial charge in [-0.15, -0.1) is 0 Å². The first-order valence-corrected chi connectivity index (χ1v) is 26.9. The number of aliphatic hydroxyl groups excluding tert-OH is 1. The van der Waals surface area contributed by atoms with Crippen LogP contribution in [0.3, 0.4) is 0 Å². The van der Waals surface area contributed by atoms with Gasteiger partial charge in [0.15, 0.2) is 0 Å². The van der Waals surface area contributed by atoms with E-state index in [1.165, 1.54) is 35.5 Å². The van der Waals surface area contributed by atoms with Gasteiger partial charge in [-0.1, -0.05) is 185 Å². The second-order valence-corrected chi connectivity index (χ2v) is 23.8. The molecule has 5 aromatic rings. The molecule has 0 saturated heterocycles. The fourth-order valence-corrected chi connectivity index (χ4v) is 14.9. The van der Waals surface area contributed by atoms with E-state index in [1.807, 2.05) is 117 Å².